The van der Waals surface area contributed by atoms with Crippen LogP contribution < -0.4 is 0 Å². The predicted octanol–water partition coefficient (Wildman–Crippen LogP) is 1.69. The molecular weight excluding hydrogens is 301 g/mol. The first kappa shape index (κ1) is 15.6. The average molecular weight is 319 g/mol. The largest absolute Gasteiger partial charge is 0.481 e. The minimum absolute atomic E-state index is 0.0431. The Morgan fingerprint density at radius 1 is 1.43 bits per heavy atom. The second-order valence-electron chi connectivity index (χ2n) is 5.54. The van der Waals surface area contributed by atoms with Gasteiger partial charge in [0.2, 0.25) is 0 Å². The van der Waals surface area contributed by atoms with Gasteiger partial charge in [-0.2, -0.15) is 5.10 Å². The third-order valence-electron chi connectivity index (χ3n) is 3.88. The van der Waals surface area contributed by atoms with Gasteiger partial charge in [0.05, 0.1) is 25.8 Å². The van der Waals surface area contributed by atoms with Gasteiger partial charge in [0, 0.05) is 30.9 Å². The predicted molar refractivity (Wildman–Crippen MR) is 80.8 cm³/mol. The molecule has 3 rings (SSSR count). The monoisotopic (exact) mass is 319 g/mol. The van der Waals surface area contributed by atoms with Crippen molar-refractivity contribution in [3.05, 3.63) is 48.0 Å². The summed E-state index contributed by atoms with van der Waals surface area (Å²) in [4.78, 5) is 13.0. The number of carboxylic acids is 1. The van der Waals surface area contributed by atoms with Crippen LogP contribution in [0.5, 0.6) is 0 Å². The van der Waals surface area contributed by atoms with Crippen LogP contribution in [-0.4, -0.2) is 51.6 Å². The zero-order valence-electron chi connectivity index (χ0n) is 12.6. The summed E-state index contributed by atoms with van der Waals surface area (Å²) in [6.07, 6.45) is 3.49. The molecule has 1 atom stereocenters. The molecule has 0 radical (unpaired) electrons. The number of hydrogen-bond acceptors (Lipinski definition) is 4. The van der Waals surface area contributed by atoms with E-state index in [0.717, 1.165) is 5.56 Å². The summed E-state index contributed by atoms with van der Waals surface area (Å²) >= 11 is 0. The lowest BCUT2D eigenvalue weighted by Gasteiger charge is -2.34. The summed E-state index contributed by atoms with van der Waals surface area (Å²) in [6, 6.07) is 6.28. The van der Waals surface area contributed by atoms with Crippen molar-refractivity contribution >= 4 is 5.97 Å². The number of hydrogen-bond donors (Lipinski definition) is 1. The number of aliphatic carboxylic acids is 1. The van der Waals surface area contributed by atoms with Crippen LogP contribution in [0.15, 0.2) is 36.7 Å². The first-order chi connectivity index (χ1) is 11.1. The molecule has 1 aliphatic rings. The van der Waals surface area contributed by atoms with Crippen LogP contribution in [-0.2, 0) is 16.1 Å². The van der Waals surface area contributed by atoms with Crippen LogP contribution in [0.1, 0.15) is 12.0 Å². The number of morpholine rings is 1. The lowest BCUT2D eigenvalue weighted by Crippen LogP contribution is -2.45. The van der Waals surface area contributed by atoms with E-state index in [1.54, 1.807) is 30.6 Å². The van der Waals surface area contributed by atoms with Gasteiger partial charge in [0.1, 0.15) is 11.5 Å². The summed E-state index contributed by atoms with van der Waals surface area (Å²) < 4.78 is 20.7. The summed E-state index contributed by atoms with van der Waals surface area (Å²) in [5, 5.41) is 13.2. The minimum atomic E-state index is -0.840. The summed E-state index contributed by atoms with van der Waals surface area (Å²) in [6.45, 7) is 2.23. The highest BCUT2D eigenvalue weighted by Gasteiger charge is 2.25. The average Bonchev–Trinajstić information content (AvgIpc) is 2.97. The summed E-state index contributed by atoms with van der Waals surface area (Å²) in [5.41, 5.74) is 1.30. The van der Waals surface area contributed by atoms with Gasteiger partial charge in [-0.15, -0.1) is 0 Å². The number of rotatable bonds is 5. The minimum Gasteiger partial charge on any atom is -0.481 e. The Morgan fingerprint density at radius 2 is 2.26 bits per heavy atom. The third-order valence-corrected chi connectivity index (χ3v) is 3.88. The topological polar surface area (TPSA) is 67.6 Å². The fourth-order valence-corrected chi connectivity index (χ4v) is 2.73. The molecule has 1 fully saturated rings. The van der Waals surface area contributed by atoms with Crippen LogP contribution in [0.3, 0.4) is 0 Å². The second-order valence-corrected chi connectivity index (χ2v) is 5.54. The van der Waals surface area contributed by atoms with E-state index in [-0.39, 0.29) is 18.3 Å². The van der Waals surface area contributed by atoms with Gasteiger partial charge in [0.15, 0.2) is 0 Å². The van der Waals surface area contributed by atoms with E-state index in [1.165, 1.54) is 10.7 Å². The number of benzene rings is 1. The maximum Gasteiger partial charge on any atom is 0.305 e. The quantitative estimate of drug-likeness (QED) is 0.908. The van der Waals surface area contributed by atoms with Gasteiger partial charge in [0.25, 0.3) is 0 Å². The molecule has 0 spiro atoms. The fourth-order valence-electron chi connectivity index (χ4n) is 2.73. The van der Waals surface area contributed by atoms with Crippen molar-refractivity contribution < 1.29 is 19.0 Å². The van der Waals surface area contributed by atoms with E-state index in [0.29, 0.717) is 32.0 Å². The van der Waals surface area contributed by atoms with Crippen molar-refractivity contribution in [1.29, 1.82) is 0 Å². The van der Waals surface area contributed by atoms with Crippen LogP contribution >= 0.6 is 0 Å². The maximum absolute atomic E-state index is 13.8. The van der Waals surface area contributed by atoms with Crippen molar-refractivity contribution in [2.45, 2.75) is 19.0 Å². The zero-order chi connectivity index (χ0) is 16.2. The Morgan fingerprint density at radius 3 is 3.04 bits per heavy atom. The molecule has 1 aromatic heterocycles. The normalized spacial score (nSPS) is 18.9. The second kappa shape index (κ2) is 6.89. The molecule has 0 bridgehead atoms. The molecule has 2 aromatic rings. The van der Waals surface area contributed by atoms with Crippen molar-refractivity contribution in [3.8, 4) is 5.69 Å². The van der Waals surface area contributed by atoms with Crippen molar-refractivity contribution in [2.24, 2.45) is 0 Å². The highest BCUT2D eigenvalue weighted by atomic mass is 19.1. The Kier molecular flexibility index (Phi) is 4.68. The number of carboxylic acid groups (broad SMARTS) is 1. The number of aromatic nitrogens is 2. The molecule has 2 heterocycles. The van der Waals surface area contributed by atoms with Crippen molar-refractivity contribution in [2.75, 3.05) is 19.8 Å². The van der Waals surface area contributed by atoms with E-state index >= 15 is 0 Å². The number of ether oxygens (including phenoxy) is 1. The number of para-hydroxylation sites is 1. The summed E-state index contributed by atoms with van der Waals surface area (Å²) in [5.74, 6) is -1.18. The molecule has 7 heteroatoms. The molecule has 1 aromatic carbocycles. The molecule has 0 aliphatic carbocycles. The molecule has 0 saturated carbocycles. The Hall–Kier alpha value is -2.25. The molecular formula is C16H18FN3O3. The van der Waals surface area contributed by atoms with Crippen LogP contribution in [0.2, 0.25) is 0 Å². The van der Waals surface area contributed by atoms with Gasteiger partial charge < -0.3 is 9.84 Å². The fraction of sp³-hybridized carbons (Fsp3) is 0.375. The van der Waals surface area contributed by atoms with Gasteiger partial charge in [-0.05, 0) is 12.1 Å². The molecule has 23 heavy (non-hydrogen) atoms. The zero-order valence-corrected chi connectivity index (χ0v) is 12.6. The molecule has 6 nitrogen and oxygen atoms in total. The Balaban J connectivity index is 1.73. The van der Waals surface area contributed by atoms with Gasteiger partial charge in [-0.25, -0.2) is 9.07 Å². The lowest BCUT2D eigenvalue weighted by atomic mass is 10.1. The molecule has 1 N–H and O–H groups in total. The van der Waals surface area contributed by atoms with E-state index < -0.39 is 5.97 Å². The van der Waals surface area contributed by atoms with Crippen molar-refractivity contribution in [3.63, 3.8) is 0 Å². The molecule has 1 aliphatic heterocycles. The number of nitrogens with zero attached hydrogens (tertiary/aromatic N) is 3. The van der Waals surface area contributed by atoms with Gasteiger partial charge in [-0.1, -0.05) is 12.1 Å². The van der Waals surface area contributed by atoms with Crippen molar-refractivity contribution in [1.82, 2.24) is 14.7 Å². The third kappa shape index (κ3) is 3.75. The first-order valence-electron chi connectivity index (χ1n) is 7.45. The Labute approximate surface area is 133 Å². The molecule has 0 amide bonds. The number of carbonyl (C=O) groups is 1. The SMILES string of the molecule is O=C(O)CC1COCCN1Cc1cnn(-c2ccccc2F)c1. The lowest BCUT2D eigenvalue weighted by molar-refractivity contribution is -0.140. The smallest absolute Gasteiger partial charge is 0.305 e. The molecule has 122 valence electrons. The van der Waals surface area contributed by atoms with E-state index in [1.807, 2.05) is 0 Å². The standard InChI is InChI=1S/C16H18FN3O3/c17-14-3-1-2-4-15(14)20-10-12(8-18-20)9-19-5-6-23-11-13(19)7-16(21)22/h1-4,8,10,13H,5-7,9,11H2,(H,21,22). The van der Waals surface area contributed by atoms with Crippen LogP contribution in [0, 0.1) is 5.82 Å². The van der Waals surface area contributed by atoms with Gasteiger partial charge in [-0.3, -0.25) is 9.69 Å². The van der Waals surface area contributed by atoms with Crippen LogP contribution in [0.4, 0.5) is 4.39 Å². The van der Waals surface area contributed by atoms with Gasteiger partial charge >= 0.3 is 5.97 Å². The van der Waals surface area contributed by atoms with Crippen LogP contribution in [0.25, 0.3) is 5.69 Å². The first-order valence-corrected chi connectivity index (χ1v) is 7.45. The van der Waals surface area contributed by atoms with E-state index in [4.69, 9.17) is 9.84 Å². The number of halogens is 1. The highest BCUT2D eigenvalue weighted by molar-refractivity contribution is 5.67. The Bertz CT molecular complexity index is 689. The molecule has 1 unspecified atom stereocenters. The maximum atomic E-state index is 13.8. The highest BCUT2D eigenvalue weighted by Crippen LogP contribution is 2.17. The van der Waals surface area contributed by atoms with E-state index in [2.05, 4.69) is 10.00 Å². The summed E-state index contributed by atoms with van der Waals surface area (Å²) in [7, 11) is 0. The van der Waals surface area contributed by atoms with E-state index in [9.17, 15) is 9.18 Å². The molecule has 1 saturated heterocycles.